The highest BCUT2D eigenvalue weighted by atomic mass is 79.9. The standard InChI is InChI=1S/C31H37BrClN3O4S/c1-22(2)34-31(38)29(19-24-9-6-5-7-10-24)35(21-25-13-15-26(32)16-14-25)30(37)11-8-18-36(41(4,39)40)28-20-27(33)17-12-23(28)3/h5-7,9-10,12-17,20,22,29H,8,11,18-19,21H2,1-4H3,(H,34,38)/t29-/m1/s1. The average molecular weight is 663 g/mol. The van der Waals surface area contributed by atoms with Crippen molar-refractivity contribution in [1.29, 1.82) is 0 Å². The van der Waals surface area contributed by atoms with Gasteiger partial charge in [-0.25, -0.2) is 8.42 Å². The van der Waals surface area contributed by atoms with Gasteiger partial charge in [0, 0.05) is 41.5 Å². The second kappa shape index (κ2) is 14.8. The fraction of sp³-hybridized carbons (Fsp3) is 0.355. The largest absolute Gasteiger partial charge is 0.352 e. The van der Waals surface area contributed by atoms with Crippen molar-refractivity contribution in [3.05, 3.63) is 99.0 Å². The molecule has 3 aromatic carbocycles. The Hall–Kier alpha value is -2.88. The zero-order valence-corrected chi connectivity index (χ0v) is 27.0. The third kappa shape index (κ3) is 9.87. The summed E-state index contributed by atoms with van der Waals surface area (Å²) >= 11 is 9.62. The van der Waals surface area contributed by atoms with E-state index in [1.807, 2.05) is 75.4 Å². The number of nitrogens with one attached hydrogen (secondary N) is 1. The van der Waals surface area contributed by atoms with Gasteiger partial charge in [-0.2, -0.15) is 0 Å². The third-order valence-corrected chi connectivity index (χ3v) is 8.50. The summed E-state index contributed by atoms with van der Waals surface area (Å²) in [4.78, 5) is 29.0. The molecular weight excluding hydrogens is 626 g/mol. The molecule has 0 spiro atoms. The summed E-state index contributed by atoms with van der Waals surface area (Å²) in [5, 5.41) is 3.41. The molecule has 0 aliphatic rings. The predicted molar refractivity (Wildman–Crippen MR) is 170 cm³/mol. The molecule has 0 saturated heterocycles. The zero-order chi connectivity index (χ0) is 30.2. The van der Waals surface area contributed by atoms with E-state index < -0.39 is 16.1 Å². The highest BCUT2D eigenvalue weighted by Gasteiger charge is 2.31. The second-order valence-electron chi connectivity index (χ2n) is 10.4. The maximum Gasteiger partial charge on any atom is 0.243 e. The molecule has 0 aromatic heterocycles. The first kappa shape index (κ1) is 32.6. The molecule has 220 valence electrons. The van der Waals surface area contributed by atoms with Crippen molar-refractivity contribution in [2.75, 3.05) is 17.1 Å². The number of nitrogens with zero attached hydrogens (tertiary/aromatic N) is 2. The molecule has 0 unspecified atom stereocenters. The Morgan fingerprint density at radius 2 is 1.63 bits per heavy atom. The number of hydrogen-bond acceptors (Lipinski definition) is 4. The van der Waals surface area contributed by atoms with E-state index >= 15 is 0 Å². The fourth-order valence-electron chi connectivity index (χ4n) is 4.55. The van der Waals surface area contributed by atoms with Crippen molar-refractivity contribution in [3.8, 4) is 0 Å². The first-order valence-electron chi connectivity index (χ1n) is 13.5. The number of carbonyl (C=O) groups excluding carboxylic acids is 2. The van der Waals surface area contributed by atoms with Crippen LogP contribution in [0.4, 0.5) is 5.69 Å². The van der Waals surface area contributed by atoms with Gasteiger partial charge in [-0.15, -0.1) is 0 Å². The van der Waals surface area contributed by atoms with Crippen molar-refractivity contribution in [2.45, 2.75) is 58.7 Å². The van der Waals surface area contributed by atoms with Gasteiger partial charge in [0.2, 0.25) is 21.8 Å². The van der Waals surface area contributed by atoms with Gasteiger partial charge in [0.25, 0.3) is 0 Å². The number of halogens is 2. The number of sulfonamides is 1. The van der Waals surface area contributed by atoms with Crippen molar-refractivity contribution in [3.63, 3.8) is 0 Å². The Balaban J connectivity index is 1.89. The van der Waals surface area contributed by atoms with Gasteiger partial charge >= 0.3 is 0 Å². The lowest BCUT2D eigenvalue weighted by molar-refractivity contribution is -0.141. The molecule has 0 radical (unpaired) electrons. The van der Waals surface area contributed by atoms with Crippen molar-refractivity contribution in [1.82, 2.24) is 10.2 Å². The summed E-state index contributed by atoms with van der Waals surface area (Å²) in [6.07, 6.45) is 1.81. The number of aryl methyl sites for hydroxylation is 1. The van der Waals surface area contributed by atoms with E-state index in [1.54, 1.807) is 23.1 Å². The first-order chi connectivity index (χ1) is 19.3. The number of anilines is 1. The maximum atomic E-state index is 13.9. The molecule has 0 aliphatic carbocycles. The van der Waals surface area contributed by atoms with Gasteiger partial charge in [-0.1, -0.05) is 76.1 Å². The summed E-state index contributed by atoms with van der Waals surface area (Å²) in [5.74, 6) is -0.467. The van der Waals surface area contributed by atoms with E-state index in [4.69, 9.17) is 11.6 Å². The van der Waals surface area contributed by atoms with E-state index in [0.29, 0.717) is 17.1 Å². The Labute approximate surface area is 257 Å². The first-order valence-corrected chi connectivity index (χ1v) is 16.5. The lowest BCUT2D eigenvalue weighted by atomic mass is 10.0. The fourth-order valence-corrected chi connectivity index (χ4v) is 6.00. The molecule has 3 aromatic rings. The number of amides is 2. The topological polar surface area (TPSA) is 86.8 Å². The molecule has 10 heteroatoms. The van der Waals surface area contributed by atoms with Crippen molar-refractivity contribution < 1.29 is 18.0 Å². The SMILES string of the molecule is Cc1ccc(Cl)cc1N(CCCC(=O)N(Cc1ccc(Br)cc1)[C@H](Cc1ccccc1)C(=O)NC(C)C)S(C)(=O)=O. The zero-order valence-electron chi connectivity index (χ0n) is 23.8. The molecule has 2 amide bonds. The van der Waals surface area contributed by atoms with E-state index in [1.165, 1.54) is 4.31 Å². The molecule has 3 rings (SSSR count). The highest BCUT2D eigenvalue weighted by molar-refractivity contribution is 9.10. The van der Waals surface area contributed by atoms with Gasteiger partial charge in [0.05, 0.1) is 11.9 Å². The quantitative estimate of drug-likeness (QED) is 0.239. The summed E-state index contributed by atoms with van der Waals surface area (Å²) in [6, 6.07) is 21.5. The van der Waals surface area contributed by atoms with Gasteiger partial charge in [-0.05, 0) is 68.1 Å². The number of hydrogen-bond donors (Lipinski definition) is 1. The molecule has 0 bridgehead atoms. The van der Waals surface area contributed by atoms with Crippen molar-refractivity contribution >= 4 is 55.1 Å². The molecule has 41 heavy (non-hydrogen) atoms. The van der Waals surface area contributed by atoms with Crippen LogP contribution in [0.3, 0.4) is 0 Å². The average Bonchev–Trinajstić information content (AvgIpc) is 2.90. The van der Waals surface area contributed by atoms with Crippen LogP contribution in [0.15, 0.2) is 77.3 Å². The smallest absolute Gasteiger partial charge is 0.243 e. The van der Waals surface area contributed by atoms with E-state index in [9.17, 15) is 18.0 Å². The van der Waals surface area contributed by atoms with Gasteiger partial charge in [-0.3, -0.25) is 13.9 Å². The highest BCUT2D eigenvalue weighted by Crippen LogP contribution is 2.27. The van der Waals surface area contributed by atoms with Crippen LogP contribution in [0, 0.1) is 6.92 Å². The van der Waals surface area contributed by atoms with Gasteiger partial charge in [0.15, 0.2) is 0 Å². The summed E-state index contributed by atoms with van der Waals surface area (Å²) in [5.41, 5.74) is 3.06. The summed E-state index contributed by atoms with van der Waals surface area (Å²) < 4.78 is 27.6. The summed E-state index contributed by atoms with van der Waals surface area (Å²) in [6.45, 7) is 5.92. The van der Waals surface area contributed by atoms with Crippen LogP contribution < -0.4 is 9.62 Å². The minimum absolute atomic E-state index is 0.0579. The molecular formula is C31H37BrClN3O4S. The van der Waals surface area contributed by atoms with Crippen LogP contribution >= 0.6 is 27.5 Å². The predicted octanol–water partition coefficient (Wildman–Crippen LogP) is 6.12. The Bertz CT molecular complexity index is 1430. The van der Waals surface area contributed by atoms with Crippen LogP contribution in [0.25, 0.3) is 0 Å². The molecule has 1 N–H and O–H groups in total. The van der Waals surface area contributed by atoms with Crippen molar-refractivity contribution in [2.24, 2.45) is 0 Å². The van der Waals surface area contributed by atoms with Crippen LogP contribution in [0.1, 0.15) is 43.4 Å². The molecule has 0 aliphatic heterocycles. The van der Waals surface area contributed by atoms with Crippen LogP contribution in [-0.4, -0.2) is 50.0 Å². The van der Waals surface area contributed by atoms with Crippen LogP contribution in [0.2, 0.25) is 5.02 Å². The minimum Gasteiger partial charge on any atom is -0.352 e. The van der Waals surface area contributed by atoms with Crippen LogP contribution in [-0.2, 0) is 32.6 Å². The normalized spacial score (nSPS) is 12.2. The van der Waals surface area contributed by atoms with E-state index in [-0.39, 0.29) is 43.8 Å². The Morgan fingerprint density at radius 3 is 2.24 bits per heavy atom. The Morgan fingerprint density at radius 1 is 0.976 bits per heavy atom. The summed E-state index contributed by atoms with van der Waals surface area (Å²) in [7, 11) is -3.63. The molecule has 0 saturated carbocycles. The molecule has 0 fully saturated rings. The number of rotatable bonds is 13. The number of carbonyl (C=O) groups is 2. The Kier molecular flexibility index (Phi) is 11.8. The molecule has 1 atom stereocenters. The number of benzene rings is 3. The lowest BCUT2D eigenvalue weighted by Gasteiger charge is -2.32. The molecule has 7 nitrogen and oxygen atoms in total. The van der Waals surface area contributed by atoms with E-state index in [0.717, 1.165) is 27.4 Å². The van der Waals surface area contributed by atoms with Gasteiger partial charge in [0.1, 0.15) is 6.04 Å². The monoisotopic (exact) mass is 661 g/mol. The minimum atomic E-state index is -3.63. The van der Waals surface area contributed by atoms with Crippen LogP contribution in [0.5, 0.6) is 0 Å². The van der Waals surface area contributed by atoms with Gasteiger partial charge < -0.3 is 10.2 Å². The second-order valence-corrected chi connectivity index (χ2v) is 13.6. The third-order valence-electron chi connectivity index (χ3n) is 6.56. The lowest BCUT2D eigenvalue weighted by Crippen LogP contribution is -2.51. The van der Waals surface area contributed by atoms with E-state index in [2.05, 4.69) is 21.2 Å². The maximum absolute atomic E-state index is 13.9. The molecule has 0 heterocycles.